The van der Waals surface area contributed by atoms with Gasteiger partial charge in [-0.1, -0.05) is 0 Å². The molecule has 0 fully saturated rings. The van der Waals surface area contributed by atoms with Gasteiger partial charge in [-0.2, -0.15) is 0 Å². The van der Waals surface area contributed by atoms with Crippen molar-refractivity contribution in [2.24, 2.45) is 5.73 Å². The molecule has 2 aromatic heterocycles. The Bertz CT molecular complexity index is 431. The summed E-state index contributed by atoms with van der Waals surface area (Å²) in [6.45, 7) is 0.703. The molecule has 2 heterocycles. The molecule has 1 amide bonds. The Morgan fingerprint density at radius 1 is 1.43 bits per heavy atom. The molecule has 0 atom stereocenters. The maximum Gasteiger partial charge on any atom is 0.259 e. The lowest BCUT2D eigenvalue weighted by molar-refractivity contribution is 0.100. The predicted molar refractivity (Wildman–Crippen MR) is 56.4 cm³/mol. The molecule has 0 radical (unpaired) electrons. The number of thiophene rings is 1. The van der Waals surface area contributed by atoms with Crippen LogP contribution in [-0.2, 0) is 6.54 Å². The van der Waals surface area contributed by atoms with Crippen LogP contribution in [0, 0.1) is 0 Å². The highest BCUT2D eigenvalue weighted by Gasteiger charge is 2.09. The highest BCUT2D eigenvalue weighted by Crippen LogP contribution is 2.17. The van der Waals surface area contributed by atoms with Crippen LogP contribution in [0.1, 0.15) is 15.2 Å². The van der Waals surface area contributed by atoms with E-state index in [1.54, 1.807) is 0 Å². The molecular weight excluding hydrogens is 196 g/mol. The standard InChI is InChI=1S/C10H10N2OS/c11-10(13)9-8(3-6-14-9)7-12-4-1-2-5-12/h1-6H,7H2,(H2,11,13). The van der Waals surface area contributed by atoms with Crippen LogP contribution in [-0.4, -0.2) is 10.5 Å². The van der Waals surface area contributed by atoms with Crippen LogP contribution in [0.15, 0.2) is 36.0 Å². The van der Waals surface area contributed by atoms with Crippen molar-refractivity contribution < 1.29 is 4.79 Å². The Morgan fingerprint density at radius 2 is 2.14 bits per heavy atom. The fourth-order valence-corrected chi connectivity index (χ4v) is 2.12. The van der Waals surface area contributed by atoms with Crippen LogP contribution in [0.4, 0.5) is 0 Å². The molecule has 0 saturated carbocycles. The minimum atomic E-state index is -0.345. The predicted octanol–water partition coefficient (Wildman–Crippen LogP) is 1.70. The van der Waals surface area contributed by atoms with Crippen molar-refractivity contribution >= 4 is 17.2 Å². The number of aromatic nitrogens is 1. The van der Waals surface area contributed by atoms with Gasteiger partial charge in [-0.25, -0.2) is 0 Å². The van der Waals surface area contributed by atoms with E-state index in [1.807, 2.05) is 40.5 Å². The van der Waals surface area contributed by atoms with E-state index < -0.39 is 0 Å². The number of hydrogen-bond acceptors (Lipinski definition) is 2. The van der Waals surface area contributed by atoms with E-state index in [-0.39, 0.29) is 5.91 Å². The van der Waals surface area contributed by atoms with E-state index in [9.17, 15) is 4.79 Å². The quantitative estimate of drug-likeness (QED) is 0.816. The van der Waals surface area contributed by atoms with E-state index in [0.29, 0.717) is 11.4 Å². The molecule has 14 heavy (non-hydrogen) atoms. The van der Waals surface area contributed by atoms with Crippen molar-refractivity contribution in [3.05, 3.63) is 46.4 Å². The Balaban J connectivity index is 2.25. The van der Waals surface area contributed by atoms with Gasteiger partial charge in [0.2, 0.25) is 0 Å². The first-order valence-corrected chi connectivity index (χ1v) is 5.12. The number of nitrogens with two attached hydrogens (primary N) is 1. The second-order valence-corrected chi connectivity index (χ2v) is 3.91. The number of hydrogen-bond donors (Lipinski definition) is 1. The van der Waals surface area contributed by atoms with Crippen molar-refractivity contribution in [1.82, 2.24) is 4.57 Å². The fraction of sp³-hybridized carbons (Fsp3) is 0.100. The van der Waals surface area contributed by atoms with Gasteiger partial charge in [0.05, 0.1) is 4.88 Å². The molecule has 2 aromatic rings. The zero-order valence-corrected chi connectivity index (χ0v) is 8.33. The maximum absolute atomic E-state index is 11.0. The van der Waals surface area contributed by atoms with Gasteiger partial charge in [-0.15, -0.1) is 11.3 Å². The van der Waals surface area contributed by atoms with Crippen LogP contribution in [0.2, 0.25) is 0 Å². The summed E-state index contributed by atoms with van der Waals surface area (Å²) in [7, 11) is 0. The lowest BCUT2D eigenvalue weighted by Crippen LogP contribution is -2.12. The lowest BCUT2D eigenvalue weighted by atomic mass is 10.2. The van der Waals surface area contributed by atoms with Crippen molar-refractivity contribution in [1.29, 1.82) is 0 Å². The molecule has 0 saturated heterocycles. The third-order valence-electron chi connectivity index (χ3n) is 1.99. The summed E-state index contributed by atoms with van der Waals surface area (Å²) in [4.78, 5) is 11.7. The molecule has 0 bridgehead atoms. The monoisotopic (exact) mass is 206 g/mol. The number of amides is 1. The minimum absolute atomic E-state index is 0.345. The molecule has 0 aliphatic rings. The minimum Gasteiger partial charge on any atom is -0.365 e. The average molecular weight is 206 g/mol. The topological polar surface area (TPSA) is 48.0 Å². The molecule has 4 heteroatoms. The van der Waals surface area contributed by atoms with E-state index in [1.165, 1.54) is 11.3 Å². The van der Waals surface area contributed by atoms with E-state index >= 15 is 0 Å². The molecule has 2 rings (SSSR count). The van der Waals surface area contributed by atoms with Crippen molar-refractivity contribution in [3.8, 4) is 0 Å². The Hall–Kier alpha value is -1.55. The molecule has 72 valence electrons. The van der Waals surface area contributed by atoms with Crippen LogP contribution >= 0.6 is 11.3 Å². The number of carbonyl (C=O) groups excluding carboxylic acids is 1. The summed E-state index contributed by atoms with van der Waals surface area (Å²) in [5.74, 6) is -0.345. The molecule has 0 aliphatic heterocycles. The van der Waals surface area contributed by atoms with Crippen LogP contribution in [0.25, 0.3) is 0 Å². The molecule has 3 nitrogen and oxygen atoms in total. The van der Waals surface area contributed by atoms with Gasteiger partial charge >= 0.3 is 0 Å². The molecule has 0 spiro atoms. The summed E-state index contributed by atoms with van der Waals surface area (Å²) in [6.07, 6.45) is 3.92. The first-order chi connectivity index (χ1) is 6.77. The Morgan fingerprint density at radius 3 is 2.79 bits per heavy atom. The van der Waals surface area contributed by atoms with Crippen LogP contribution in [0.5, 0.6) is 0 Å². The van der Waals surface area contributed by atoms with E-state index in [0.717, 1.165) is 5.56 Å². The third-order valence-corrected chi connectivity index (χ3v) is 2.96. The number of primary amides is 1. The van der Waals surface area contributed by atoms with Crippen LogP contribution in [0.3, 0.4) is 0 Å². The molecule has 0 aromatic carbocycles. The SMILES string of the molecule is NC(=O)c1sccc1Cn1cccc1. The normalized spacial score (nSPS) is 10.3. The van der Waals surface area contributed by atoms with Gasteiger partial charge in [-0.05, 0) is 29.1 Å². The van der Waals surface area contributed by atoms with Gasteiger partial charge in [0.1, 0.15) is 0 Å². The zero-order valence-electron chi connectivity index (χ0n) is 7.51. The molecule has 0 aliphatic carbocycles. The summed E-state index contributed by atoms with van der Waals surface area (Å²) in [5, 5.41) is 1.89. The van der Waals surface area contributed by atoms with E-state index in [2.05, 4.69) is 0 Å². The van der Waals surface area contributed by atoms with Gasteiger partial charge in [0.15, 0.2) is 0 Å². The first-order valence-electron chi connectivity index (χ1n) is 4.24. The number of carbonyl (C=O) groups is 1. The molecule has 2 N–H and O–H groups in total. The summed E-state index contributed by atoms with van der Waals surface area (Å²) >= 11 is 1.39. The Labute approximate surface area is 85.8 Å². The zero-order chi connectivity index (χ0) is 9.97. The third kappa shape index (κ3) is 1.70. The summed E-state index contributed by atoms with van der Waals surface area (Å²) < 4.78 is 2.01. The van der Waals surface area contributed by atoms with Gasteiger partial charge in [0.25, 0.3) is 5.91 Å². The average Bonchev–Trinajstić information content (AvgIpc) is 2.75. The van der Waals surface area contributed by atoms with Gasteiger partial charge in [0, 0.05) is 18.9 Å². The Kier molecular flexibility index (Phi) is 2.37. The second-order valence-electron chi connectivity index (χ2n) is 2.99. The highest BCUT2D eigenvalue weighted by atomic mass is 32.1. The number of nitrogens with zero attached hydrogens (tertiary/aromatic N) is 1. The highest BCUT2D eigenvalue weighted by molar-refractivity contribution is 7.12. The summed E-state index contributed by atoms with van der Waals surface area (Å²) in [6, 6.07) is 5.84. The van der Waals surface area contributed by atoms with Crippen LogP contribution < -0.4 is 5.73 Å². The molecular formula is C10H10N2OS. The van der Waals surface area contributed by atoms with Gasteiger partial charge < -0.3 is 10.3 Å². The lowest BCUT2D eigenvalue weighted by Gasteiger charge is -2.01. The van der Waals surface area contributed by atoms with Crippen molar-refractivity contribution in [3.63, 3.8) is 0 Å². The van der Waals surface area contributed by atoms with Gasteiger partial charge in [-0.3, -0.25) is 4.79 Å². The van der Waals surface area contributed by atoms with Crippen molar-refractivity contribution in [2.45, 2.75) is 6.54 Å². The smallest absolute Gasteiger partial charge is 0.259 e. The van der Waals surface area contributed by atoms with E-state index in [4.69, 9.17) is 5.73 Å². The van der Waals surface area contributed by atoms with Crippen molar-refractivity contribution in [2.75, 3.05) is 0 Å². The first kappa shape index (κ1) is 9.02. The fourth-order valence-electron chi connectivity index (χ4n) is 1.35. The summed E-state index contributed by atoms with van der Waals surface area (Å²) in [5.41, 5.74) is 6.24. The largest absolute Gasteiger partial charge is 0.365 e. The second kappa shape index (κ2) is 3.67. The number of rotatable bonds is 3. The maximum atomic E-state index is 11.0. The molecule has 0 unspecified atom stereocenters.